The summed E-state index contributed by atoms with van der Waals surface area (Å²) >= 11 is 0. The van der Waals surface area contributed by atoms with Gasteiger partial charge < -0.3 is 19.9 Å². The van der Waals surface area contributed by atoms with Crippen LogP contribution in [0.3, 0.4) is 0 Å². The lowest BCUT2D eigenvalue weighted by atomic mass is 10.1. The Morgan fingerprint density at radius 3 is 2.67 bits per heavy atom. The predicted octanol–water partition coefficient (Wildman–Crippen LogP) is 3.10. The minimum atomic E-state index is -0.948. The molecule has 0 aliphatic carbocycles. The van der Waals surface area contributed by atoms with Gasteiger partial charge in [-0.05, 0) is 23.3 Å². The van der Waals surface area contributed by atoms with Crippen molar-refractivity contribution in [3.8, 4) is 0 Å². The molecular weight excluding hydrogens is 392 g/mol. The average Bonchev–Trinajstić information content (AvgIpc) is 2.76. The maximum atomic E-state index is 13.5. The summed E-state index contributed by atoms with van der Waals surface area (Å²) in [5, 5.41) is 2.74. The van der Waals surface area contributed by atoms with E-state index >= 15 is 0 Å². The maximum Gasteiger partial charge on any atom is 0.317 e. The van der Waals surface area contributed by atoms with Crippen molar-refractivity contribution in [2.75, 3.05) is 33.3 Å². The van der Waals surface area contributed by atoms with E-state index in [-0.39, 0.29) is 38.1 Å². The third-order valence-electron chi connectivity index (χ3n) is 4.97. The number of hydrogen-bond acceptors (Lipinski definition) is 3. The molecule has 1 heterocycles. The summed E-state index contributed by atoms with van der Waals surface area (Å²) in [6.07, 6.45) is -0.343. The Bertz CT molecular complexity index is 879. The summed E-state index contributed by atoms with van der Waals surface area (Å²) in [7, 11) is 1.73. The average molecular weight is 417 g/mol. The molecule has 1 fully saturated rings. The second-order valence-corrected chi connectivity index (χ2v) is 7.20. The van der Waals surface area contributed by atoms with Crippen LogP contribution in [0.4, 0.5) is 13.6 Å². The molecule has 2 aromatic carbocycles. The van der Waals surface area contributed by atoms with E-state index in [0.717, 1.165) is 17.7 Å². The number of carbonyl (C=O) groups excluding carboxylic acids is 2. The van der Waals surface area contributed by atoms with E-state index in [1.54, 1.807) is 16.8 Å². The molecule has 30 heavy (non-hydrogen) atoms. The van der Waals surface area contributed by atoms with Crippen LogP contribution in [-0.4, -0.2) is 55.0 Å². The van der Waals surface area contributed by atoms with Gasteiger partial charge in [-0.3, -0.25) is 4.79 Å². The lowest BCUT2D eigenvalue weighted by Gasteiger charge is -2.33. The van der Waals surface area contributed by atoms with E-state index < -0.39 is 17.7 Å². The van der Waals surface area contributed by atoms with Crippen LogP contribution < -0.4 is 5.32 Å². The number of hydrogen-bond donors (Lipinski definition) is 1. The fraction of sp³-hybridized carbons (Fsp3) is 0.364. The smallest absolute Gasteiger partial charge is 0.317 e. The molecule has 2 aromatic rings. The fourth-order valence-corrected chi connectivity index (χ4v) is 3.27. The Hall–Kier alpha value is -3.00. The second kappa shape index (κ2) is 10.2. The van der Waals surface area contributed by atoms with Gasteiger partial charge in [0.2, 0.25) is 5.91 Å². The summed E-state index contributed by atoms with van der Waals surface area (Å²) in [4.78, 5) is 27.9. The Morgan fingerprint density at radius 2 is 1.93 bits per heavy atom. The number of nitrogens with zero attached hydrogens (tertiary/aromatic N) is 2. The molecule has 1 aliphatic rings. The molecule has 3 amide bonds. The predicted molar refractivity (Wildman–Crippen MR) is 108 cm³/mol. The summed E-state index contributed by atoms with van der Waals surface area (Å²) in [6, 6.07) is 12.9. The minimum Gasteiger partial charge on any atom is -0.370 e. The number of ether oxygens (including phenoxy) is 1. The number of halogens is 2. The zero-order valence-corrected chi connectivity index (χ0v) is 16.8. The topological polar surface area (TPSA) is 61.9 Å². The van der Waals surface area contributed by atoms with Gasteiger partial charge in [-0.15, -0.1) is 0 Å². The number of morpholine rings is 1. The van der Waals surface area contributed by atoms with Crippen LogP contribution in [0.15, 0.2) is 48.5 Å². The van der Waals surface area contributed by atoms with E-state index in [4.69, 9.17) is 4.74 Å². The lowest BCUT2D eigenvalue weighted by molar-refractivity contribution is -0.130. The first-order chi connectivity index (χ1) is 14.4. The third kappa shape index (κ3) is 5.76. The van der Waals surface area contributed by atoms with E-state index in [2.05, 4.69) is 5.32 Å². The van der Waals surface area contributed by atoms with Crippen molar-refractivity contribution in [3.63, 3.8) is 0 Å². The zero-order valence-electron chi connectivity index (χ0n) is 16.8. The van der Waals surface area contributed by atoms with Crippen molar-refractivity contribution >= 4 is 11.9 Å². The molecule has 1 unspecified atom stereocenters. The van der Waals surface area contributed by atoms with Crippen LogP contribution in [0.2, 0.25) is 0 Å². The monoisotopic (exact) mass is 417 g/mol. The second-order valence-electron chi connectivity index (χ2n) is 7.20. The summed E-state index contributed by atoms with van der Waals surface area (Å²) < 4.78 is 32.2. The molecule has 1 saturated heterocycles. The summed E-state index contributed by atoms with van der Waals surface area (Å²) in [5.41, 5.74) is 1.51. The van der Waals surface area contributed by atoms with Crippen LogP contribution in [0.1, 0.15) is 23.7 Å². The largest absolute Gasteiger partial charge is 0.370 e. The summed E-state index contributed by atoms with van der Waals surface area (Å²) in [5.74, 6) is -1.94. The van der Waals surface area contributed by atoms with Gasteiger partial charge in [0.25, 0.3) is 0 Å². The van der Waals surface area contributed by atoms with Gasteiger partial charge in [-0.1, -0.05) is 36.4 Å². The SMILES string of the molecule is CN(Cc1ccccc1)C(=O)CCNC(=O)N1CCOC(c2ccc(F)c(F)c2)C1. The molecule has 0 radical (unpaired) electrons. The van der Waals surface area contributed by atoms with Gasteiger partial charge in [0.1, 0.15) is 6.10 Å². The molecule has 8 heteroatoms. The molecule has 0 aromatic heterocycles. The quantitative estimate of drug-likeness (QED) is 0.786. The molecule has 1 N–H and O–H groups in total. The van der Waals surface area contributed by atoms with Crippen LogP contribution in [0, 0.1) is 11.6 Å². The van der Waals surface area contributed by atoms with Gasteiger partial charge in [0, 0.05) is 33.1 Å². The normalized spacial score (nSPS) is 16.2. The standard InChI is InChI=1S/C22H25F2N3O3/c1-26(14-16-5-3-2-4-6-16)21(28)9-10-25-22(29)27-11-12-30-20(15-27)17-7-8-18(23)19(24)13-17/h2-8,13,20H,9-12,14-15H2,1H3,(H,25,29). The van der Waals surface area contributed by atoms with Crippen LogP contribution in [0.25, 0.3) is 0 Å². The van der Waals surface area contributed by atoms with E-state index in [1.807, 2.05) is 30.3 Å². The van der Waals surface area contributed by atoms with Gasteiger partial charge in [-0.2, -0.15) is 0 Å². The Morgan fingerprint density at radius 1 is 1.17 bits per heavy atom. The van der Waals surface area contributed by atoms with Crippen molar-refractivity contribution in [1.82, 2.24) is 15.1 Å². The van der Waals surface area contributed by atoms with E-state index in [9.17, 15) is 18.4 Å². The van der Waals surface area contributed by atoms with E-state index in [0.29, 0.717) is 18.7 Å². The van der Waals surface area contributed by atoms with Crippen molar-refractivity contribution in [2.24, 2.45) is 0 Å². The van der Waals surface area contributed by atoms with Gasteiger partial charge in [0.15, 0.2) is 11.6 Å². The molecule has 3 rings (SSSR count). The first-order valence-electron chi connectivity index (χ1n) is 9.81. The summed E-state index contributed by atoms with van der Waals surface area (Å²) in [6.45, 7) is 1.61. The number of urea groups is 1. The number of carbonyl (C=O) groups is 2. The zero-order chi connectivity index (χ0) is 21.5. The van der Waals surface area contributed by atoms with Crippen LogP contribution in [-0.2, 0) is 16.1 Å². The molecule has 0 bridgehead atoms. The van der Waals surface area contributed by atoms with Gasteiger partial charge >= 0.3 is 6.03 Å². The third-order valence-corrected chi connectivity index (χ3v) is 4.97. The number of amides is 3. The molecular formula is C22H25F2N3O3. The highest BCUT2D eigenvalue weighted by Gasteiger charge is 2.26. The first kappa shape index (κ1) is 21.7. The Balaban J connectivity index is 1.45. The molecule has 160 valence electrons. The van der Waals surface area contributed by atoms with Crippen molar-refractivity contribution < 1.29 is 23.1 Å². The van der Waals surface area contributed by atoms with Gasteiger partial charge in [0.05, 0.1) is 13.2 Å². The van der Waals surface area contributed by atoms with Crippen molar-refractivity contribution in [1.29, 1.82) is 0 Å². The molecule has 0 saturated carbocycles. The number of benzene rings is 2. The highest BCUT2D eigenvalue weighted by atomic mass is 19.2. The van der Waals surface area contributed by atoms with Crippen molar-refractivity contribution in [3.05, 3.63) is 71.3 Å². The van der Waals surface area contributed by atoms with Gasteiger partial charge in [-0.25, -0.2) is 13.6 Å². The van der Waals surface area contributed by atoms with E-state index in [1.165, 1.54) is 6.07 Å². The fourth-order valence-electron chi connectivity index (χ4n) is 3.27. The molecule has 1 aliphatic heterocycles. The molecule has 0 spiro atoms. The highest BCUT2D eigenvalue weighted by molar-refractivity contribution is 5.78. The minimum absolute atomic E-state index is 0.0687. The Kier molecular flexibility index (Phi) is 7.35. The molecule has 6 nitrogen and oxygen atoms in total. The maximum absolute atomic E-state index is 13.5. The van der Waals surface area contributed by atoms with Crippen LogP contribution in [0.5, 0.6) is 0 Å². The van der Waals surface area contributed by atoms with Crippen LogP contribution >= 0.6 is 0 Å². The first-order valence-corrected chi connectivity index (χ1v) is 9.81. The highest BCUT2D eigenvalue weighted by Crippen LogP contribution is 2.23. The Labute approximate surface area is 174 Å². The molecule has 1 atom stereocenters. The number of rotatable bonds is 6. The van der Waals surface area contributed by atoms with Crippen molar-refractivity contribution in [2.45, 2.75) is 19.1 Å². The number of nitrogens with one attached hydrogen (secondary N) is 1. The lowest BCUT2D eigenvalue weighted by Crippen LogP contribution is -2.47.